The van der Waals surface area contributed by atoms with E-state index in [1.807, 2.05) is 13.8 Å². The Hall–Kier alpha value is -1.59. The third kappa shape index (κ3) is 3.94. The Morgan fingerprint density at radius 2 is 2.05 bits per heavy atom. The molecule has 2 amide bonds. The molecule has 5 N–H and O–H groups in total. The van der Waals surface area contributed by atoms with Crippen molar-refractivity contribution in [3.63, 3.8) is 0 Å². The molecule has 0 heterocycles. The summed E-state index contributed by atoms with van der Waals surface area (Å²) in [6.07, 6.45) is 0.795. The monoisotopic (exact) mass is 283 g/mol. The molecule has 6 heteroatoms. The largest absolute Gasteiger partial charge is 0.366 e. The van der Waals surface area contributed by atoms with E-state index in [9.17, 15) is 9.59 Å². The summed E-state index contributed by atoms with van der Waals surface area (Å²) in [4.78, 5) is 23.0. The minimum Gasteiger partial charge on any atom is -0.366 e. The van der Waals surface area contributed by atoms with Crippen LogP contribution in [0.25, 0.3) is 0 Å². The summed E-state index contributed by atoms with van der Waals surface area (Å²) in [6.45, 7) is 3.85. The van der Waals surface area contributed by atoms with E-state index in [4.69, 9.17) is 23.1 Å². The van der Waals surface area contributed by atoms with Gasteiger partial charge < -0.3 is 16.8 Å². The summed E-state index contributed by atoms with van der Waals surface area (Å²) >= 11 is 5.96. The highest BCUT2D eigenvalue weighted by atomic mass is 35.5. The van der Waals surface area contributed by atoms with E-state index in [1.54, 1.807) is 0 Å². The van der Waals surface area contributed by atoms with Crippen molar-refractivity contribution in [2.45, 2.75) is 26.3 Å². The van der Waals surface area contributed by atoms with Crippen LogP contribution in [0.5, 0.6) is 0 Å². The van der Waals surface area contributed by atoms with Crippen molar-refractivity contribution in [2.75, 3.05) is 5.32 Å². The van der Waals surface area contributed by atoms with Crippen molar-refractivity contribution < 1.29 is 9.59 Å². The molecule has 1 rings (SSSR count). The summed E-state index contributed by atoms with van der Waals surface area (Å²) in [5.41, 5.74) is 11.6. The van der Waals surface area contributed by atoms with E-state index in [0.29, 0.717) is 10.7 Å². The van der Waals surface area contributed by atoms with Crippen LogP contribution in [-0.4, -0.2) is 17.9 Å². The van der Waals surface area contributed by atoms with Gasteiger partial charge in [-0.15, -0.1) is 0 Å². The normalized spacial score (nSPS) is 13.7. The van der Waals surface area contributed by atoms with Crippen molar-refractivity contribution in [1.29, 1.82) is 0 Å². The molecule has 19 heavy (non-hydrogen) atoms. The van der Waals surface area contributed by atoms with Gasteiger partial charge in [-0.25, -0.2) is 0 Å². The van der Waals surface area contributed by atoms with E-state index >= 15 is 0 Å². The molecular formula is C13H18ClN3O2. The number of nitrogens with one attached hydrogen (secondary N) is 1. The number of anilines is 1. The van der Waals surface area contributed by atoms with Crippen LogP contribution >= 0.6 is 11.6 Å². The van der Waals surface area contributed by atoms with Crippen LogP contribution < -0.4 is 16.8 Å². The zero-order chi connectivity index (χ0) is 14.6. The smallest absolute Gasteiger partial charge is 0.248 e. The highest BCUT2D eigenvalue weighted by Gasteiger charge is 2.20. The summed E-state index contributed by atoms with van der Waals surface area (Å²) < 4.78 is 0. The first-order valence-electron chi connectivity index (χ1n) is 6.02. The maximum absolute atomic E-state index is 11.9. The van der Waals surface area contributed by atoms with Crippen molar-refractivity contribution in [2.24, 2.45) is 17.4 Å². The molecule has 0 saturated heterocycles. The quantitative estimate of drug-likeness (QED) is 0.768. The average Bonchev–Trinajstić information content (AvgIpc) is 2.38. The van der Waals surface area contributed by atoms with E-state index < -0.39 is 11.9 Å². The second-order valence-corrected chi connectivity index (χ2v) is 4.87. The van der Waals surface area contributed by atoms with Gasteiger partial charge in [-0.05, 0) is 24.1 Å². The fourth-order valence-electron chi connectivity index (χ4n) is 1.50. The molecule has 0 aliphatic rings. The molecule has 1 aromatic carbocycles. The maximum Gasteiger partial charge on any atom is 0.248 e. The molecule has 0 spiro atoms. The summed E-state index contributed by atoms with van der Waals surface area (Å²) in [5.74, 6) is -0.866. The maximum atomic E-state index is 11.9. The van der Waals surface area contributed by atoms with E-state index in [0.717, 1.165) is 6.42 Å². The zero-order valence-corrected chi connectivity index (χ0v) is 11.7. The average molecular weight is 284 g/mol. The van der Waals surface area contributed by atoms with Crippen LogP contribution in [0.3, 0.4) is 0 Å². The lowest BCUT2D eigenvalue weighted by Gasteiger charge is -2.18. The predicted octanol–water partition coefficient (Wildman–Crippen LogP) is 1.75. The van der Waals surface area contributed by atoms with Gasteiger partial charge in [-0.2, -0.15) is 0 Å². The molecule has 0 radical (unpaired) electrons. The van der Waals surface area contributed by atoms with Gasteiger partial charge in [0.15, 0.2) is 0 Å². The van der Waals surface area contributed by atoms with Gasteiger partial charge in [-0.3, -0.25) is 9.59 Å². The fraction of sp³-hybridized carbons (Fsp3) is 0.385. The number of amides is 2. The van der Waals surface area contributed by atoms with E-state index in [1.165, 1.54) is 18.2 Å². The van der Waals surface area contributed by atoms with Gasteiger partial charge in [0.2, 0.25) is 11.8 Å². The molecule has 104 valence electrons. The minimum absolute atomic E-state index is 0.0538. The number of rotatable bonds is 5. The number of benzene rings is 1. The summed E-state index contributed by atoms with van der Waals surface area (Å²) in [5, 5.41) is 2.95. The third-order valence-corrected chi connectivity index (χ3v) is 3.40. The van der Waals surface area contributed by atoms with Crippen LogP contribution in [-0.2, 0) is 4.79 Å². The number of hydrogen-bond donors (Lipinski definition) is 3. The Morgan fingerprint density at radius 1 is 1.42 bits per heavy atom. The second-order valence-electron chi connectivity index (χ2n) is 4.46. The molecule has 2 unspecified atom stereocenters. The molecule has 2 atom stereocenters. The lowest BCUT2D eigenvalue weighted by molar-refractivity contribution is -0.118. The Labute approximate surface area is 117 Å². The predicted molar refractivity (Wildman–Crippen MR) is 76.0 cm³/mol. The first kappa shape index (κ1) is 15.5. The van der Waals surface area contributed by atoms with E-state index in [2.05, 4.69) is 5.32 Å². The van der Waals surface area contributed by atoms with Crippen LogP contribution in [0.1, 0.15) is 30.6 Å². The standard InChI is InChI=1S/C13H18ClN3O2/c1-3-7(2)11(15)13(19)17-10-6-8(12(16)18)4-5-9(10)14/h4-7,11H,3,15H2,1-2H3,(H2,16,18)(H,17,19). The van der Waals surface area contributed by atoms with Crippen LogP contribution in [0.15, 0.2) is 18.2 Å². The van der Waals surface area contributed by atoms with Gasteiger partial charge in [0.05, 0.1) is 16.8 Å². The Balaban J connectivity index is 2.90. The van der Waals surface area contributed by atoms with Gasteiger partial charge >= 0.3 is 0 Å². The number of carbonyl (C=O) groups is 2. The molecule has 0 bridgehead atoms. The third-order valence-electron chi connectivity index (χ3n) is 3.07. The molecule has 5 nitrogen and oxygen atoms in total. The number of nitrogens with two attached hydrogens (primary N) is 2. The van der Waals surface area contributed by atoms with Crippen LogP contribution in [0, 0.1) is 5.92 Å². The molecular weight excluding hydrogens is 266 g/mol. The van der Waals surface area contributed by atoms with Crippen molar-refractivity contribution in [1.82, 2.24) is 0 Å². The van der Waals surface area contributed by atoms with Gasteiger partial charge in [0.25, 0.3) is 0 Å². The number of halogens is 1. The molecule has 0 aromatic heterocycles. The Kier molecular flexibility index (Phi) is 5.32. The molecule has 0 saturated carbocycles. The first-order valence-corrected chi connectivity index (χ1v) is 6.40. The second kappa shape index (κ2) is 6.54. The lowest BCUT2D eigenvalue weighted by atomic mass is 9.99. The van der Waals surface area contributed by atoms with Crippen LogP contribution in [0.2, 0.25) is 5.02 Å². The fourth-order valence-corrected chi connectivity index (χ4v) is 1.67. The number of carbonyl (C=O) groups excluding carboxylic acids is 2. The van der Waals surface area contributed by atoms with Crippen molar-refractivity contribution >= 4 is 29.1 Å². The van der Waals surface area contributed by atoms with Crippen molar-refractivity contribution in [3.8, 4) is 0 Å². The van der Waals surface area contributed by atoms with E-state index in [-0.39, 0.29) is 17.4 Å². The van der Waals surface area contributed by atoms with Crippen LogP contribution in [0.4, 0.5) is 5.69 Å². The molecule has 1 aromatic rings. The first-order chi connectivity index (χ1) is 8.86. The zero-order valence-electron chi connectivity index (χ0n) is 10.9. The minimum atomic E-state index is -0.627. The Morgan fingerprint density at radius 3 is 2.58 bits per heavy atom. The molecule has 0 aliphatic heterocycles. The van der Waals surface area contributed by atoms with Gasteiger partial charge in [0, 0.05) is 5.56 Å². The number of hydrogen-bond acceptors (Lipinski definition) is 3. The number of primary amides is 1. The highest BCUT2D eigenvalue weighted by molar-refractivity contribution is 6.34. The van der Waals surface area contributed by atoms with Crippen molar-refractivity contribution in [3.05, 3.63) is 28.8 Å². The summed E-state index contributed by atoms with van der Waals surface area (Å²) in [7, 11) is 0. The molecule has 0 aliphatic carbocycles. The summed E-state index contributed by atoms with van der Waals surface area (Å²) in [6, 6.07) is 3.81. The Bertz CT molecular complexity index is 491. The topological polar surface area (TPSA) is 98.2 Å². The lowest BCUT2D eigenvalue weighted by Crippen LogP contribution is -2.40. The van der Waals surface area contributed by atoms with Gasteiger partial charge in [-0.1, -0.05) is 31.9 Å². The highest BCUT2D eigenvalue weighted by Crippen LogP contribution is 2.23. The van der Waals surface area contributed by atoms with Gasteiger partial charge in [0.1, 0.15) is 0 Å². The molecule has 0 fully saturated rings. The SMILES string of the molecule is CCC(C)C(N)C(=O)Nc1cc(C(N)=O)ccc1Cl.